The van der Waals surface area contributed by atoms with Gasteiger partial charge in [0.05, 0.1) is 12.6 Å². The summed E-state index contributed by atoms with van der Waals surface area (Å²) >= 11 is 0. The Labute approximate surface area is 83.5 Å². The minimum Gasteiger partial charge on any atom is -0.496 e. The van der Waals surface area contributed by atoms with Crippen LogP contribution in [0.15, 0.2) is 30.5 Å². The number of pyridine rings is 1. The monoisotopic (exact) mass is 187 g/mol. The highest BCUT2D eigenvalue weighted by molar-refractivity contribution is 5.81. The molecule has 0 unspecified atom stereocenters. The van der Waals surface area contributed by atoms with Crippen LogP contribution in [0.25, 0.3) is 10.9 Å². The van der Waals surface area contributed by atoms with Crippen molar-refractivity contribution < 1.29 is 4.74 Å². The number of benzene rings is 1. The molecule has 0 N–H and O–H groups in total. The van der Waals surface area contributed by atoms with Gasteiger partial charge in [-0.2, -0.15) is 0 Å². The lowest BCUT2D eigenvalue weighted by Crippen LogP contribution is -1.91. The van der Waals surface area contributed by atoms with Gasteiger partial charge < -0.3 is 4.74 Å². The van der Waals surface area contributed by atoms with Crippen molar-refractivity contribution in [2.24, 2.45) is 0 Å². The first-order chi connectivity index (χ1) is 6.85. The van der Waals surface area contributed by atoms with Gasteiger partial charge in [-0.1, -0.05) is 13.0 Å². The highest BCUT2D eigenvalue weighted by Gasteiger charge is 2.03. The topological polar surface area (TPSA) is 22.1 Å². The molecular formula is C12H13NO. The summed E-state index contributed by atoms with van der Waals surface area (Å²) in [4.78, 5) is 4.29. The smallest absolute Gasteiger partial charge is 0.124 e. The molecule has 0 aliphatic rings. The van der Waals surface area contributed by atoms with E-state index >= 15 is 0 Å². The van der Waals surface area contributed by atoms with Gasteiger partial charge in [-0.25, -0.2) is 0 Å². The molecule has 0 saturated carbocycles. The maximum absolute atomic E-state index is 5.30. The summed E-state index contributed by atoms with van der Waals surface area (Å²) in [5.41, 5.74) is 2.22. The fourth-order valence-electron chi connectivity index (χ4n) is 1.61. The zero-order valence-electron chi connectivity index (χ0n) is 8.45. The molecule has 1 aromatic heterocycles. The molecule has 1 aromatic carbocycles. The van der Waals surface area contributed by atoms with Crippen molar-refractivity contribution >= 4 is 10.9 Å². The van der Waals surface area contributed by atoms with E-state index in [4.69, 9.17) is 4.74 Å². The van der Waals surface area contributed by atoms with Crippen molar-refractivity contribution in [1.82, 2.24) is 4.98 Å². The zero-order chi connectivity index (χ0) is 9.97. The summed E-state index contributed by atoms with van der Waals surface area (Å²) in [5, 5.41) is 1.17. The minimum absolute atomic E-state index is 0.929. The second-order valence-corrected chi connectivity index (χ2v) is 3.21. The van der Waals surface area contributed by atoms with Gasteiger partial charge in [0.15, 0.2) is 0 Å². The number of aromatic nitrogens is 1. The lowest BCUT2D eigenvalue weighted by Gasteiger charge is -2.07. The summed E-state index contributed by atoms with van der Waals surface area (Å²) < 4.78 is 5.30. The molecule has 1 heterocycles. The van der Waals surface area contributed by atoms with Crippen LogP contribution in [0.2, 0.25) is 0 Å². The molecule has 0 saturated heterocycles. The van der Waals surface area contributed by atoms with E-state index in [1.807, 2.05) is 12.1 Å². The highest BCUT2D eigenvalue weighted by atomic mass is 16.5. The van der Waals surface area contributed by atoms with Crippen molar-refractivity contribution in [2.45, 2.75) is 13.3 Å². The Hall–Kier alpha value is -1.57. The Morgan fingerprint density at radius 3 is 2.93 bits per heavy atom. The van der Waals surface area contributed by atoms with Gasteiger partial charge in [-0.3, -0.25) is 4.98 Å². The van der Waals surface area contributed by atoms with Crippen molar-refractivity contribution in [2.75, 3.05) is 7.11 Å². The van der Waals surface area contributed by atoms with Gasteiger partial charge in [0.1, 0.15) is 5.75 Å². The molecule has 0 amide bonds. The van der Waals surface area contributed by atoms with Crippen LogP contribution in [0, 0.1) is 0 Å². The zero-order valence-corrected chi connectivity index (χ0v) is 8.45. The molecule has 14 heavy (non-hydrogen) atoms. The molecular weight excluding hydrogens is 174 g/mol. The standard InChI is InChI=1S/C12H13NO/c1-3-9-7-10-5-4-6-13-11(10)8-12(9)14-2/h4-8H,3H2,1-2H3. The van der Waals surface area contributed by atoms with Gasteiger partial charge in [0, 0.05) is 17.6 Å². The van der Waals surface area contributed by atoms with E-state index in [-0.39, 0.29) is 0 Å². The number of aryl methyl sites for hydroxylation is 1. The third-order valence-electron chi connectivity index (χ3n) is 2.39. The molecule has 0 bridgehead atoms. The Bertz CT molecular complexity index is 409. The number of nitrogens with zero attached hydrogens (tertiary/aromatic N) is 1. The second-order valence-electron chi connectivity index (χ2n) is 3.21. The van der Waals surface area contributed by atoms with E-state index in [2.05, 4.69) is 24.0 Å². The molecule has 2 nitrogen and oxygen atoms in total. The normalized spacial score (nSPS) is 10.4. The average molecular weight is 187 g/mol. The Kier molecular flexibility index (Phi) is 2.35. The van der Waals surface area contributed by atoms with Crippen LogP contribution in [0.3, 0.4) is 0 Å². The van der Waals surface area contributed by atoms with E-state index in [9.17, 15) is 0 Å². The van der Waals surface area contributed by atoms with Crippen LogP contribution >= 0.6 is 0 Å². The lowest BCUT2D eigenvalue weighted by molar-refractivity contribution is 0.410. The van der Waals surface area contributed by atoms with Crippen LogP contribution in [-0.2, 0) is 6.42 Å². The predicted octanol–water partition coefficient (Wildman–Crippen LogP) is 2.81. The number of rotatable bonds is 2. The number of methoxy groups -OCH3 is 1. The molecule has 2 aromatic rings. The summed E-state index contributed by atoms with van der Waals surface area (Å²) in [5.74, 6) is 0.929. The van der Waals surface area contributed by atoms with Crippen LogP contribution in [0.1, 0.15) is 12.5 Å². The van der Waals surface area contributed by atoms with E-state index in [0.717, 1.165) is 17.7 Å². The van der Waals surface area contributed by atoms with Gasteiger partial charge in [0.2, 0.25) is 0 Å². The Morgan fingerprint density at radius 2 is 2.21 bits per heavy atom. The van der Waals surface area contributed by atoms with Crippen LogP contribution in [0.4, 0.5) is 0 Å². The van der Waals surface area contributed by atoms with Crippen molar-refractivity contribution in [3.05, 3.63) is 36.0 Å². The van der Waals surface area contributed by atoms with Gasteiger partial charge in [-0.05, 0) is 24.1 Å². The van der Waals surface area contributed by atoms with Crippen molar-refractivity contribution in [3.63, 3.8) is 0 Å². The fraction of sp³-hybridized carbons (Fsp3) is 0.250. The first-order valence-electron chi connectivity index (χ1n) is 4.76. The SMILES string of the molecule is CCc1cc2cccnc2cc1OC. The molecule has 0 aliphatic carbocycles. The quantitative estimate of drug-likeness (QED) is 0.721. The Balaban J connectivity index is 2.69. The molecule has 0 atom stereocenters. The average Bonchev–Trinajstić information content (AvgIpc) is 2.27. The summed E-state index contributed by atoms with van der Waals surface area (Å²) in [6.07, 6.45) is 2.78. The van der Waals surface area contributed by atoms with E-state index in [0.29, 0.717) is 0 Å². The van der Waals surface area contributed by atoms with E-state index < -0.39 is 0 Å². The van der Waals surface area contributed by atoms with Crippen molar-refractivity contribution in [3.8, 4) is 5.75 Å². The lowest BCUT2D eigenvalue weighted by atomic mass is 10.1. The van der Waals surface area contributed by atoms with Gasteiger partial charge >= 0.3 is 0 Å². The number of ether oxygens (including phenoxy) is 1. The fourth-order valence-corrected chi connectivity index (χ4v) is 1.61. The van der Waals surface area contributed by atoms with Crippen LogP contribution < -0.4 is 4.74 Å². The van der Waals surface area contributed by atoms with Gasteiger partial charge in [-0.15, -0.1) is 0 Å². The molecule has 0 spiro atoms. The molecule has 0 fully saturated rings. The summed E-state index contributed by atoms with van der Waals surface area (Å²) in [7, 11) is 1.70. The number of hydrogen-bond acceptors (Lipinski definition) is 2. The van der Waals surface area contributed by atoms with Crippen molar-refractivity contribution in [1.29, 1.82) is 0 Å². The molecule has 0 aliphatic heterocycles. The van der Waals surface area contributed by atoms with Crippen LogP contribution in [-0.4, -0.2) is 12.1 Å². The van der Waals surface area contributed by atoms with Crippen LogP contribution in [0.5, 0.6) is 5.75 Å². The minimum atomic E-state index is 0.929. The maximum atomic E-state index is 5.30. The predicted molar refractivity (Wildman–Crippen MR) is 57.7 cm³/mol. The first kappa shape index (κ1) is 9.00. The van der Waals surface area contributed by atoms with Gasteiger partial charge in [0.25, 0.3) is 0 Å². The first-order valence-corrected chi connectivity index (χ1v) is 4.76. The maximum Gasteiger partial charge on any atom is 0.124 e. The number of fused-ring (bicyclic) bond motifs is 1. The van der Waals surface area contributed by atoms with E-state index in [1.54, 1.807) is 13.3 Å². The largest absolute Gasteiger partial charge is 0.496 e. The molecule has 0 radical (unpaired) electrons. The third kappa shape index (κ3) is 1.43. The molecule has 2 heteroatoms. The molecule has 2 rings (SSSR count). The molecule has 72 valence electrons. The summed E-state index contributed by atoms with van der Waals surface area (Å²) in [6.45, 7) is 2.13. The third-order valence-corrected chi connectivity index (χ3v) is 2.39. The summed E-state index contributed by atoms with van der Waals surface area (Å²) in [6, 6.07) is 8.16. The van der Waals surface area contributed by atoms with E-state index in [1.165, 1.54) is 10.9 Å². The highest BCUT2D eigenvalue weighted by Crippen LogP contribution is 2.24. The number of hydrogen-bond donors (Lipinski definition) is 0. The second kappa shape index (κ2) is 3.66. The Morgan fingerprint density at radius 1 is 1.36 bits per heavy atom.